The molecule has 2 atom stereocenters. The highest BCUT2D eigenvalue weighted by atomic mass is 32.2. The molecule has 0 N–H and O–H groups in total. The molecule has 3 rings (SSSR count). The molecule has 0 unspecified atom stereocenters. The van der Waals surface area contributed by atoms with Crippen molar-refractivity contribution in [1.29, 1.82) is 0 Å². The number of carbonyl (C=O) groups excluding carboxylic acids is 1. The Labute approximate surface area is 140 Å². The molecule has 23 heavy (non-hydrogen) atoms. The molecule has 0 spiro atoms. The van der Waals surface area contributed by atoms with E-state index in [4.69, 9.17) is 4.74 Å². The number of rotatable bonds is 4. The van der Waals surface area contributed by atoms with Crippen molar-refractivity contribution in [3.63, 3.8) is 0 Å². The van der Waals surface area contributed by atoms with Gasteiger partial charge in [-0.3, -0.25) is 4.79 Å². The second-order valence-corrected chi connectivity index (χ2v) is 9.12. The van der Waals surface area contributed by atoms with Crippen molar-refractivity contribution >= 4 is 27.3 Å². The highest BCUT2D eigenvalue weighted by molar-refractivity contribution is 7.88. The van der Waals surface area contributed by atoms with Crippen molar-refractivity contribution in [2.24, 2.45) is 11.3 Å². The molecule has 0 saturated carbocycles. The first-order valence-electron chi connectivity index (χ1n) is 7.47. The molecule has 0 aliphatic carbocycles. The molecular weight excluding hydrogens is 338 g/mol. The van der Waals surface area contributed by atoms with Gasteiger partial charge in [-0.1, -0.05) is 0 Å². The van der Waals surface area contributed by atoms with Crippen LogP contribution in [0.5, 0.6) is 0 Å². The van der Waals surface area contributed by atoms with Gasteiger partial charge in [0, 0.05) is 44.1 Å². The molecule has 3 heterocycles. The molecule has 2 aliphatic heterocycles. The summed E-state index contributed by atoms with van der Waals surface area (Å²) in [6.45, 7) is 2.59. The predicted octanol–water partition coefficient (Wildman–Crippen LogP) is 0.513. The third-order valence-electron chi connectivity index (χ3n) is 4.94. The van der Waals surface area contributed by atoms with E-state index in [-0.39, 0.29) is 17.2 Å². The number of carbonyl (C=O) groups is 1. The fourth-order valence-corrected chi connectivity index (χ4v) is 5.14. The van der Waals surface area contributed by atoms with Crippen LogP contribution in [0.15, 0.2) is 10.9 Å². The van der Waals surface area contributed by atoms with Crippen LogP contribution in [-0.2, 0) is 14.8 Å². The Morgan fingerprint density at radius 1 is 1.52 bits per heavy atom. The second-order valence-electron chi connectivity index (χ2n) is 6.42. The average molecular weight is 359 g/mol. The average Bonchev–Trinajstić information content (AvgIpc) is 3.13. The number of hydrogen-bond donors (Lipinski definition) is 0. The molecule has 128 valence electrons. The van der Waals surface area contributed by atoms with E-state index in [9.17, 15) is 13.2 Å². The van der Waals surface area contributed by atoms with Gasteiger partial charge in [0.05, 0.1) is 18.4 Å². The fraction of sp³-hybridized carbons (Fsp3) is 0.714. The highest BCUT2D eigenvalue weighted by Gasteiger charge is 2.52. The van der Waals surface area contributed by atoms with E-state index in [1.165, 1.54) is 21.9 Å². The Hall–Kier alpha value is -1.03. The molecular formula is C14H21N3O4S2. The van der Waals surface area contributed by atoms with Crippen LogP contribution in [0.4, 0.5) is 0 Å². The molecule has 2 saturated heterocycles. The first-order valence-corrected chi connectivity index (χ1v) is 10.3. The first kappa shape index (κ1) is 16.8. The van der Waals surface area contributed by atoms with Crippen molar-refractivity contribution in [1.82, 2.24) is 14.2 Å². The standard InChI is InChI=1S/C14H21N3O4S2/c1-21-9-14-3-4-16(13(18)12-7-22-10-15-12)5-11(14)6-17(8-14)23(2,19)20/h7,10-11H,3-6,8-9H2,1-2H3/t11-,14+/m1/s1. The van der Waals surface area contributed by atoms with E-state index < -0.39 is 10.0 Å². The van der Waals surface area contributed by atoms with Crippen molar-refractivity contribution in [3.8, 4) is 0 Å². The second kappa shape index (κ2) is 6.12. The minimum absolute atomic E-state index is 0.0740. The number of ether oxygens (including phenoxy) is 1. The zero-order valence-corrected chi connectivity index (χ0v) is 14.9. The van der Waals surface area contributed by atoms with Gasteiger partial charge in [-0.05, 0) is 12.3 Å². The number of likely N-dealkylation sites (tertiary alicyclic amines) is 1. The summed E-state index contributed by atoms with van der Waals surface area (Å²) in [4.78, 5) is 18.4. The summed E-state index contributed by atoms with van der Waals surface area (Å²) in [5.41, 5.74) is 1.91. The molecule has 1 aromatic heterocycles. The summed E-state index contributed by atoms with van der Waals surface area (Å²) in [7, 11) is -1.59. The summed E-state index contributed by atoms with van der Waals surface area (Å²) < 4.78 is 30.7. The maximum absolute atomic E-state index is 12.5. The lowest BCUT2D eigenvalue weighted by Crippen LogP contribution is -2.50. The maximum Gasteiger partial charge on any atom is 0.273 e. The Morgan fingerprint density at radius 2 is 2.30 bits per heavy atom. The fourth-order valence-electron chi connectivity index (χ4n) is 3.67. The molecule has 2 aliphatic rings. The van der Waals surface area contributed by atoms with Crippen molar-refractivity contribution in [2.75, 3.05) is 46.2 Å². The van der Waals surface area contributed by atoms with Gasteiger partial charge in [0.1, 0.15) is 5.69 Å². The lowest BCUT2D eigenvalue weighted by atomic mass is 9.73. The molecule has 0 aromatic carbocycles. The number of piperidine rings is 1. The Morgan fingerprint density at radius 3 is 2.91 bits per heavy atom. The van der Waals surface area contributed by atoms with Gasteiger partial charge in [-0.25, -0.2) is 17.7 Å². The summed E-state index contributed by atoms with van der Waals surface area (Å²) in [5, 5.41) is 1.75. The monoisotopic (exact) mass is 359 g/mol. The van der Waals surface area contributed by atoms with Gasteiger partial charge in [-0.2, -0.15) is 0 Å². The van der Waals surface area contributed by atoms with Crippen LogP contribution >= 0.6 is 11.3 Å². The molecule has 9 heteroatoms. The van der Waals surface area contributed by atoms with Crippen molar-refractivity contribution in [3.05, 3.63) is 16.6 Å². The van der Waals surface area contributed by atoms with E-state index in [1.807, 2.05) is 0 Å². The van der Waals surface area contributed by atoms with Gasteiger partial charge in [0.15, 0.2) is 0 Å². The largest absolute Gasteiger partial charge is 0.384 e. The minimum Gasteiger partial charge on any atom is -0.384 e. The zero-order chi connectivity index (χ0) is 16.7. The van der Waals surface area contributed by atoms with Crippen molar-refractivity contribution in [2.45, 2.75) is 6.42 Å². The van der Waals surface area contributed by atoms with Crippen LogP contribution in [0.1, 0.15) is 16.9 Å². The number of aromatic nitrogens is 1. The Kier molecular flexibility index (Phi) is 4.47. The third kappa shape index (κ3) is 3.15. The van der Waals surface area contributed by atoms with Crippen LogP contribution in [-0.4, -0.2) is 74.7 Å². The van der Waals surface area contributed by atoms with Crippen LogP contribution in [0.3, 0.4) is 0 Å². The maximum atomic E-state index is 12.5. The quantitative estimate of drug-likeness (QED) is 0.783. The van der Waals surface area contributed by atoms with E-state index in [0.717, 1.165) is 6.42 Å². The summed E-state index contributed by atoms with van der Waals surface area (Å²) in [6.07, 6.45) is 1.98. The molecule has 7 nitrogen and oxygen atoms in total. The van der Waals surface area contributed by atoms with Gasteiger partial charge >= 0.3 is 0 Å². The molecule has 2 fully saturated rings. The SMILES string of the molecule is COC[C@@]12CCN(C(=O)c3cscn3)C[C@@H]1CN(S(C)(=O)=O)C2. The zero-order valence-electron chi connectivity index (χ0n) is 13.3. The molecule has 1 aromatic rings. The summed E-state index contributed by atoms with van der Waals surface area (Å²) in [6, 6.07) is 0. The summed E-state index contributed by atoms with van der Waals surface area (Å²) in [5.74, 6) is 0.0172. The minimum atomic E-state index is -3.23. The predicted molar refractivity (Wildman–Crippen MR) is 86.9 cm³/mol. The lowest BCUT2D eigenvalue weighted by molar-refractivity contribution is 0.00325. The van der Waals surface area contributed by atoms with E-state index >= 15 is 0 Å². The third-order valence-corrected chi connectivity index (χ3v) is 6.74. The molecule has 0 bridgehead atoms. The Bertz CT molecular complexity index is 676. The van der Waals surface area contributed by atoms with Gasteiger partial charge in [-0.15, -0.1) is 11.3 Å². The first-order chi connectivity index (χ1) is 10.9. The van der Waals surface area contributed by atoms with Gasteiger partial charge in [0.25, 0.3) is 5.91 Å². The number of methoxy groups -OCH3 is 1. The van der Waals surface area contributed by atoms with E-state index in [1.54, 1.807) is 22.9 Å². The van der Waals surface area contributed by atoms with Gasteiger partial charge < -0.3 is 9.64 Å². The lowest BCUT2D eigenvalue weighted by Gasteiger charge is -2.42. The number of hydrogen-bond acceptors (Lipinski definition) is 6. The highest BCUT2D eigenvalue weighted by Crippen LogP contribution is 2.44. The van der Waals surface area contributed by atoms with Crippen LogP contribution in [0, 0.1) is 11.3 Å². The summed E-state index contributed by atoms with van der Waals surface area (Å²) >= 11 is 1.40. The Balaban J connectivity index is 1.79. The van der Waals surface area contributed by atoms with Crippen LogP contribution in [0.2, 0.25) is 0 Å². The normalized spacial score (nSPS) is 28.8. The number of fused-ring (bicyclic) bond motifs is 1. The number of amides is 1. The topological polar surface area (TPSA) is 79.8 Å². The molecule has 1 amide bonds. The number of nitrogens with zero attached hydrogens (tertiary/aromatic N) is 3. The van der Waals surface area contributed by atoms with Crippen molar-refractivity contribution < 1.29 is 17.9 Å². The smallest absolute Gasteiger partial charge is 0.273 e. The number of sulfonamides is 1. The number of thiazole rings is 1. The van der Waals surface area contributed by atoms with E-state index in [0.29, 0.717) is 38.5 Å². The van der Waals surface area contributed by atoms with E-state index in [2.05, 4.69) is 4.98 Å². The van der Waals surface area contributed by atoms with Crippen LogP contribution in [0.25, 0.3) is 0 Å². The van der Waals surface area contributed by atoms with Crippen LogP contribution < -0.4 is 0 Å². The van der Waals surface area contributed by atoms with Gasteiger partial charge in [0.2, 0.25) is 10.0 Å². The molecule has 0 radical (unpaired) electrons.